The van der Waals surface area contributed by atoms with Gasteiger partial charge >= 0.3 is 0 Å². The number of nitro groups is 1. The molecule has 0 amide bonds. The standard InChI is InChI=1S/C15H11BrN2O2/c1-2-11-5-3-7-13(9-11)17-10-12-6-4-8-14(15(12)16)18(19)20/h1,3-9,17H,10H2. The molecule has 100 valence electrons. The van der Waals surface area contributed by atoms with Crippen molar-refractivity contribution in [2.24, 2.45) is 0 Å². The zero-order valence-electron chi connectivity index (χ0n) is 10.5. The highest BCUT2D eigenvalue weighted by Gasteiger charge is 2.14. The Kier molecular flexibility index (Phi) is 4.38. The molecule has 0 unspecified atom stereocenters. The summed E-state index contributed by atoms with van der Waals surface area (Å²) < 4.78 is 0.491. The summed E-state index contributed by atoms with van der Waals surface area (Å²) in [6.45, 7) is 0.469. The first-order valence-electron chi connectivity index (χ1n) is 5.84. The van der Waals surface area contributed by atoms with Gasteiger partial charge in [-0.3, -0.25) is 10.1 Å². The summed E-state index contributed by atoms with van der Waals surface area (Å²) in [5.74, 6) is 2.56. The Labute approximate surface area is 125 Å². The van der Waals surface area contributed by atoms with E-state index in [0.29, 0.717) is 11.0 Å². The average Bonchev–Trinajstić information content (AvgIpc) is 2.46. The van der Waals surface area contributed by atoms with Crippen LogP contribution in [0.1, 0.15) is 11.1 Å². The molecule has 0 fully saturated rings. The van der Waals surface area contributed by atoms with E-state index in [0.717, 1.165) is 16.8 Å². The SMILES string of the molecule is C#Cc1cccc(NCc2cccc([N+](=O)[O-])c2Br)c1. The summed E-state index contributed by atoms with van der Waals surface area (Å²) in [4.78, 5) is 10.5. The van der Waals surface area contributed by atoms with Gasteiger partial charge in [0.25, 0.3) is 5.69 Å². The molecule has 0 atom stereocenters. The lowest BCUT2D eigenvalue weighted by molar-refractivity contribution is -0.385. The Balaban J connectivity index is 2.17. The van der Waals surface area contributed by atoms with Crippen LogP contribution in [0.4, 0.5) is 11.4 Å². The zero-order valence-corrected chi connectivity index (χ0v) is 12.1. The third kappa shape index (κ3) is 3.16. The van der Waals surface area contributed by atoms with Gasteiger partial charge in [0.05, 0.1) is 4.92 Å². The van der Waals surface area contributed by atoms with E-state index >= 15 is 0 Å². The van der Waals surface area contributed by atoms with Crippen LogP contribution >= 0.6 is 15.9 Å². The molecule has 2 aromatic carbocycles. The van der Waals surface area contributed by atoms with E-state index in [4.69, 9.17) is 6.42 Å². The van der Waals surface area contributed by atoms with Crippen LogP contribution in [0.25, 0.3) is 0 Å². The number of anilines is 1. The van der Waals surface area contributed by atoms with Crippen molar-refractivity contribution < 1.29 is 4.92 Å². The molecular weight excluding hydrogens is 320 g/mol. The molecule has 0 spiro atoms. The summed E-state index contributed by atoms with van der Waals surface area (Å²) in [5.41, 5.74) is 2.53. The minimum Gasteiger partial charge on any atom is -0.381 e. The van der Waals surface area contributed by atoms with Gasteiger partial charge in [0.15, 0.2) is 0 Å². The number of hydrogen-bond acceptors (Lipinski definition) is 3. The van der Waals surface area contributed by atoms with Gasteiger partial charge in [-0.1, -0.05) is 24.1 Å². The molecule has 0 aromatic heterocycles. The summed E-state index contributed by atoms with van der Waals surface area (Å²) in [6, 6.07) is 12.4. The van der Waals surface area contributed by atoms with Gasteiger partial charge in [-0.15, -0.1) is 6.42 Å². The fourth-order valence-electron chi connectivity index (χ4n) is 1.76. The Bertz CT molecular complexity index is 693. The molecule has 0 radical (unpaired) electrons. The monoisotopic (exact) mass is 330 g/mol. The van der Waals surface area contributed by atoms with E-state index in [1.807, 2.05) is 30.3 Å². The molecule has 0 heterocycles. The minimum atomic E-state index is -0.410. The zero-order chi connectivity index (χ0) is 14.5. The molecule has 0 bridgehead atoms. The smallest absolute Gasteiger partial charge is 0.283 e. The van der Waals surface area contributed by atoms with Crippen LogP contribution < -0.4 is 5.32 Å². The topological polar surface area (TPSA) is 55.2 Å². The first-order valence-corrected chi connectivity index (χ1v) is 6.63. The molecule has 0 saturated heterocycles. The fraction of sp³-hybridized carbons (Fsp3) is 0.0667. The van der Waals surface area contributed by atoms with Gasteiger partial charge in [-0.25, -0.2) is 0 Å². The van der Waals surface area contributed by atoms with Crippen molar-refractivity contribution in [1.82, 2.24) is 0 Å². The highest BCUT2D eigenvalue weighted by molar-refractivity contribution is 9.10. The van der Waals surface area contributed by atoms with Gasteiger partial charge in [-0.2, -0.15) is 0 Å². The number of halogens is 1. The third-order valence-corrected chi connectivity index (χ3v) is 3.68. The number of hydrogen-bond donors (Lipinski definition) is 1. The van der Waals surface area contributed by atoms with E-state index in [9.17, 15) is 10.1 Å². The van der Waals surface area contributed by atoms with Crippen molar-refractivity contribution in [3.05, 3.63) is 68.2 Å². The molecular formula is C15H11BrN2O2. The predicted octanol–water partition coefficient (Wildman–Crippen LogP) is 3.95. The fourth-order valence-corrected chi connectivity index (χ4v) is 2.31. The molecule has 0 aliphatic heterocycles. The van der Waals surface area contributed by atoms with E-state index in [1.165, 1.54) is 6.07 Å². The third-order valence-electron chi connectivity index (χ3n) is 2.77. The normalized spacial score (nSPS) is 9.80. The summed E-state index contributed by atoms with van der Waals surface area (Å²) in [7, 11) is 0. The molecule has 2 aromatic rings. The lowest BCUT2D eigenvalue weighted by atomic mass is 10.1. The summed E-state index contributed by atoms with van der Waals surface area (Å²) >= 11 is 3.27. The largest absolute Gasteiger partial charge is 0.381 e. The van der Waals surface area contributed by atoms with Crippen LogP contribution in [0.2, 0.25) is 0 Å². The van der Waals surface area contributed by atoms with Crippen molar-refractivity contribution in [3.8, 4) is 12.3 Å². The number of nitro benzene ring substituents is 1. The highest BCUT2D eigenvalue weighted by atomic mass is 79.9. The number of nitrogens with one attached hydrogen (secondary N) is 1. The Morgan fingerprint density at radius 1 is 1.30 bits per heavy atom. The van der Waals surface area contributed by atoms with Crippen molar-refractivity contribution in [2.75, 3.05) is 5.32 Å². The van der Waals surface area contributed by atoms with Crippen LogP contribution in [0.15, 0.2) is 46.9 Å². The average molecular weight is 331 g/mol. The maximum Gasteiger partial charge on any atom is 0.283 e. The van der Waals surface area contributed by atoms with Crippen LogP contribution in [0.3, 0.4) is 0 Å². The number of nitrogens with zero attached hydrogens (tertiary/aromatic N) is 1. The molecule has 0 aliphatic carbocycles. The van der Waals surface area contributed by atoms with Crippen molar-refractivity contribution in [3.63, 3.8) is 0 Å². The van der Waals surface area contributed by atoms with E-state index in [1.54, 1.807) is 6.07 Å². The van der Waals surface area contributed by atoms with Crippen LogP contribution in [-0.4, -0.2) is 4.92 Å². The number of benzene rings is 2. The van der Waals surface area contributed by atoms with Crippen LogP contribution in [-0.2, 0) is 6.54 Å². The number of rotatable bonds is 4. The Morgan fingerprint density at radius 2 is 2.05 bits per heavy atom. The summed E-state index contributed by atoms with van der Waals surface area (Å²) in [6.07, 6.45) is 5.34. The second kappa shape index (κ2) is 6.22. The lowest BCUT2D eigenvalue weighted by Gasteiger charge is -2.08. The maximum atomic E-state index is 10.9. The molecule has 20 heavy (non-hydrogen) atoms. The van der Waals surface area contributed by atoms with E-state index in [2.05, 4.69) is 27.2 Å². The lowest BCUT2D eigenvalue weighted by Crippen LogP contribution is -2.02. The van der Waals surface area contributed by atoms with Crippen LogP contribution in [0, 0.1) is 22.5 Å². The predicted molar refractivity (Wildman–Crippen MR) is 82.5 cm³/mol. The molecule has 4 nitrogen and oxygen atoms in total. The molecule has 0 aliphatic rings. The van der Waals surface area contributed by atoms with Crippen molar-refractivity contribution in [2.45, 2.75) is 6.54 Å². The van der Waals surface area contributed by atoms with E-state index < -0.39 is 4.92 Å². The highest BCUT2D eigenvalue weighted by Crippen LogP contribution is 2.28. The second-order valence-electron chi connectivity index (χ2n) is 4.09. The van der Waals surface area contributed by atoms with Gasteiger partial charge in [0.1, 0.15) is 4.47 Å². The molecule has 5 heteroatoms. The van der Waals surface area contributed by atoms with Gasteiger partial charge in [0.2, 0.25) is 0 Å². The molecule has 0 saturated carbocycles. The second-order valence-corrected chi connectivity index (χ2v) is 4.88. The minimum absolute atomic E-state index is 0.0571. The van der Waals surface area contributed by atoms with E-state index in [-0.39, 0.29) is 5.69 Å². The molecule has 1 N–H and O–H groups in total. The quantitative estimate of drug-likeness (QED) is 0.524. The van der Waals surface area contributed by atoms with Crippen molar-refractivity contribution >= 4 is 27.3 Å². The van der Waals surface area contributed by atoms with Crippen LogP contribution in [0.5, 0.6) is 0 Å². The first-order chi connectivity index (χ1) is 9.61. The van der Waals surface area contributed by atoms with Gasteiger partial charge in [0, 0.05) is 23.9 Å². The van der Waals surface area contributed by atoms with Gasteiger partial charge < -0.3 is 5.32 Å². The Hall–Kier alpha value is -2.32. The Morgan fingerprint density at radius 3 is 2.75 bits per heavy atom. The van der Waals surface area contributed by atoms with Crippen molar-refractivity contribution in [1.29, 1.82) is 0 Å². The number of terminal acetylenes is 1. The van der Waals surface area contributed by atoms with Gasteiger partial charge in [-0.05, 0) is 39.7 Å². The first kappa shape index (κ1) is 14.1. The molecule has 2 rings (SSSR count). The summed E-state index contributed by atoms with van der Waals surface area (Å²) in [5, 5.41) is 14.1. The maximum absolute atomic E-state index is 10.9.